The molecule has 0 aromatic rings. The van der Waals surface area contributed by atoms with Crippen LogP contribution in [0.25, 0.3) is 0 Å². The van der Waals surface area contributed by atoms with Crippen LogP contribution in [0.4, 0.5) is 0 Å². The van der Waals surface area contributed by atoms with E-state index >= 15 is 0 Å². The second kappa shape index (κ2) is 67.9. The molecule has 0 radical (unpaired) electrons. The molecule has 76 heavy (non-hydrogen) atoms. The lowest BCUT2D eigenvalue weighted by Gasteiger charge is -2.20. The molecule has 2 unspecified atom stereocenters. The summed E-state index contributed by atoms with van der Waals surface area (Å²) in [6.07, 6.45) is 93.8. The number of aliphatic hydroxyl groups excluding tert-OH is 2. The number of hydrogen-bond donors (Lipinski definition) is 3. The third kappa shape index (κ3) is 63.4. The van der Waals surface area contributed by atoms with Gasteiger partial charge in [0.15, 0.2) is 0 Å². The summed E-state index contributed by atoms with van der Waals surface area (Å²) in [6, 6.07) is -0.623. The van der Waals surface area contributed by atoms with Crippen molar-refractivity contribution in [3.05, 3.63) is 36.5 Å². The van der Waals surface area contributed by atoms with Crippen LogP contribution in [-0.2, 0) is 4.79 Å². The molecule has 0 aromatic heterocycles. The van der Waals surface area contributed by atoms with E-state index < -0.39 is 12.1 Å². The molecule has 4 heteroatoms. The van der Waals surface area contributed by atoms with E-state index in [9.17, 15) is 15.0 Å². The van der Waals surface area contributed by atoms with Crippen molar-refractivity contribution in [3.63, 3.8) is 0 Å². The molecule has 0 bridgehead atoms. The van der Waals surface area contributed by atoms with Crippen molar-refractivity contribution in [3.8, 4) is 0 Å². The summed E-state index contributed by atoms with van der Waals surface area (Å²) in [4.78, 5) is 12.5. The Kier molecular flexibility index (Phi) is 66.6. The van der Waals surface area contributed by atoms with Crippen LogP contribution in [0.3, 0.4) is 0 Å². The number of hydrogen-bond acceptors (Lipinski definition) is 3. The summed E-state index contributed by atoms with van der Waals surface area (Å²) in [5, 5.41) is 23.3. The highest BCUT2D eigenvalue weighted by atomic mass is 16.3. The van der Waals surface area contributed by atoms with Crippen LogP contribution in [0.15, 0.2) is 36.5 Å². The number of allylic oxidation sites excluding steroid dienone is 5. The summed E-state index contributed by atoms with van der Waals surface area (Å²) in [5.41, 5.74) is 0. The first kappa shape index (κ1) is 74.6. The third-order valence-corrected chi connectivity index (χ3v) is 16.6. The van der Waals surface area contributed by atoms with Crippen LogP contribution in [-0.4, -0.2) is 34.9 Å². The van der Waals surface area contributed by atoms with E-state index in [0.29, 0.717) is 6.42 Å². The van der Waals surface area contributed by atoms with Gasteiger partial charge in [0.2, 0.25) is 5.91 Å². The van der Waals surface area contributed by atoms with Crippen LogP contribution >= 0.6 is 0 Å². The fourth-order valence-corrected chi connectivity index (χ4v) is 11.3. The van der Waals surface area contributed by atoms with Crippen molar-refractivity contribution >= 4 is 5.91 Å². The molecule has 3 N–H and O–H groups in total. The Morgan fingerprint density at radius 1 is 0.316 bits per heavy atom. The van der Waals surface area contributed by atoms with Gasteiger partial charge in [-0.15, -0.1) is 0 Å². The minimum atomic E-state index is -0.840. The molecule has 0 aliphatic carbocycles. The van der Waals surface area contributed by atoms with Gasteiger partial charge in [-0.25, -0.2) is 0 Å². The lowest BCUT2D eigenvalue weighted by molar-refractivity contribution is -0.123. The van der Waals surface area contributed by atoms with E-state index in [2.05, 4.69) is 43.5 Å². The van der Waals surface area contributed by atoms with Crippen LogP contribution in [0.1, 0.15) is 399 Å². The molecule has 0 aliphatic heterocycles. The smallest absolute Gasteiger partial charge is 0.220 e. The molecule has 1 amide bonds. The molecule has 0 rings (SSSR count). The van der Waals surface area contributed by atoms with Gasteiger partial charge in [0.25, 0.3) is 0 Å². The maximum Gasteiger partial charge on any atom is 0.220 e. The summed E-state index contributed by atoms with van der Waals surface area (Å²) >= 11 is 0. The second-order valence-corrected chi connectivity index (χ2v) is 24.3. The zero-order valence-electron chi connectivity index (χ0n) is 52.1. The number of amides is 1. The number of carbonyl (C=O) groups excluding carboxylic acids is 1. The monoisotopic (exact) mass is 1070 g/mol. The van der Waals surface area contributed by atoms with Crippen molar-refractivity contribution in [2.45, 2.75) is 411 Å². The number of unbranched alkanes of at least 4 members (excludes halogenated alkanes) is 55. The van der Waals surface area contributed by atoms with E-state index in [1.54, 1.807) is 6.08 Å². The van der Waals surface area contributed by atoms with E-state index in [-0.39, 0.29) is 12.5 Å². The Hall–Kier alpha value is -1.39. The highest BCUT2D eigenvalue weighted by Gasteiger charge is 2.18. The maximum absolute atomic E-state index is 12.5. The molecule has 0 spiro atoms. The van der Waals surface area contributed by atoms with Crippen molar-refractivity contribution in [1.29, 1.82) is 0 Å². The minimum Gasteiger partial charge on any atom is -0.394 e. The van der Waals surface area contributed by atoms with Crippen LogP contribution < -0.4 is 5.32 Å². The van der Waals surface area contributed by atoms with Gasteiger partial charge in [0.05, 0.1) is 18.8 Å². The third-order valence-electron chi connectivity index (χ3n) is 16.6. The van der Waals surface area contributed by atoms with E-state index in [1.165, 1.54) is 347 Å². The lowest BCUT2D eigenvalue weighted by atomic mass is 10.0. The summed E-state index contributed by atoms with van der Waals surface area (Å²) < 4.78 is 0. The summed E-state index contributed by atoms with van der Waals surface area (Å²) in [5.74, 6) is -0.0567. The van der Waals surface area contributed by atoms with Crippen LogP contribution in [0.2, 0.25) is 0 Å². The number of carbonyl (C=O) groups is 1. The molecule has 0 saturated heterocycles. The highest BCUT2D eigenvalue weighted by molar-refractivity contribution is 5.76. The average molecular weight is 1070 g/mol. The largest absolute Gasteiger partial charge is 0.394 e. The van der Waals surface area contributed by atoms with Gasteiger partial charge < -0.3 is 15.5 Å². The topological polar surface area (TPSA) is 69.6 Å². The molecular formula is C72H139NO3. The fourth-order valence-electron chi connectivity index (χ4n) is 11.3. The Labute approximate surface area is 478 Å². The molecule has 450 valence electrons. The van der Waals surface area contributed by atoms with Gasteiger partial charge in [-0.2, -0.15) is 0 Å². The lowest BCUT2D eigenvalue weighted by Crippen LogP contribution is -2.45. The zero-order chi connectivity index (χ0) is 54.8. The van der Waals surface area contributed by atoms with Gasteiger partial charge in [-0.1, -0.05) is 378 Å². The number of nitrogens with one attached hydrogen (secondary N) is 1. The SMILES string of the molecule is CCCCCCCCCCCCCCCCC/C=C\C/C=C\CCCCCCCCCCCCCCCCCCCC(=O)NC(CO)C(O)/C=C/CCCCCCCCCCCCCCCCCCCCCCCCC. The minimum absolute atomic E-state index is 0.0567. The summed E-state index contributed by atoms with van der Waals surface area (Å²) in [6.45, 7) is 4.36. The van der Waals surface area contributed by atoms with E-state index in [0.717, 1.165) is 32.1 Å². The van der Waals surface area contributed by atoms with Crippen molar-refractivity contribution in [2.75, 3.05) is 6.61 Å². The second-order valence-electron chi connectivity index (χ2n) is 24.3. The van der Waals surface area contributed by atoms with Crippen LogP contribution in [0.5, 0.6) is 0 Å². The molecule has 0 saturated carbocycles. The van der Waals surface area contributed by atoms with Gasteiger partial charge in [-0.05, 0) is 51.4 Å². The highest BCUT2D eigenvalue weighted by Crippen LogP contribution is 2.19. The molecule has 0 aromatic carbocycles. The Balaban J connectivity index is 3.42. The summed E-state index contributed by atoms with van der Waals surface area (Å²) in [7, 11) is 0. The molecule has 4 nitrogen and oxygen atoms in total. The van der Waals surface area contributed by atoms with Crippen molar-refractivity contribution in [2.24, 2.45) is 0 Å². The van der Waals surface area contributed by atoms with Gasteiger partial charge >= 0.3 is 0 Å². The van der Waals surface area contributed by atoms with E-state index in [1.807, 2.05) is 6.08 Å². The van der Waals surface area contributed by atoms with Crippen LogP contribution in [0, 0.1) is 0 Å². The maximum atomic E-state index is 12.5. The predicted octanol–water partition coefficient (Wildman–Crippen LogP) is 23.9. The van der Waals surface area contributed by atoms with Crippen molar-refractivity contribution < 1.29 is 15.0 Å². The van der Waals surface area contributed by atoms with Crippen molar-refractivity contribution in [1.82, 2.24) is 5.32 Å². The quantitative estimate of drug-likeness (QED) is 0.0420. The molecule has 0 heterocycles. The first-order chi connectivity index (χ1) is 37.7. The Bertz CT molecular complexity index is 1160. The normalized spacial score (nSPS) is 12.8. The Morgan fingerprint density at radius 2 is 0.539 bits per heavy atom. The standard InChI is InChI=1S/C72H139NO3/c1-3-5-7-9-11-13-15-17-19-21-23-25-27-29-30-31-32-33-34-35-36-37-38-39-40-41-42-44-46-48-50-52-54-56-58-60-62-64-66-68-72(76)73-70(69-74)71(75)67-65-63-61-59-57-55-53-51-49-47-45-43-28-26-24-22-20-18-16-14-12-10-8-6-4-2/h32-33,35-36,65,67,70-71,74-75H,3-31,34,37-64,66,68-69H2,1-2H3,(H,73,76)/b33-32-,36-35-,67-65+. The predicted molar refractivity (Wildman–Crippen MR) is 341 cm³/mol. The molecular weight excluding hydrogens is 927 g/mol. The first-order valence-corrected chi connectivity index (χ1v) is 35.2. The first-order valence-electron chi connectivity index (χ1n) is 35.2. The molecule has 2 atom stereocenters. The van der Waals surface area contributed by atoms with Gasteiger partial charge in [-0.3, -0.25) is 4.79 Å². The van der Waals surface area contributed by atoms with Gasteiger partial charge in [0, 0.05) is 6.42 Å². The number of aliphatic hydroxyl groups is 2. The molecule has 0 aliphatic rings. The van der Waals surface area contributed by atoms with Gasteiger partial charge in [0.1, 0.15) is 0 Å². The number of rotatable bonds is 66. The fraction of sp³-hybridized carbons (Fsp3) is 0.903. The Morgan fingerprint density at radius 3 is 0.789 bits per heavy atom. The zero-order valence-corrected chi connectivity index (χ0v) is 52.1. The van der Waals surface area contributed by atoms with E-state index in [4.69, 9.17) is 0 Å². The average Bonchev–Trinajstić information content (AvgIpc) is 3.42. The molecule has 0 fully saturated rings.